The zero-order valence-electron chi connectivity index (χ0n) is 18.3. The smallest absolute Gasteiger partial charge is 0.255 e. The number of hydrogen-bond donors (Lipinski definition) is 2. The number of pyridine rings is 1. The van der Waals surface area contributed by atoms with Crippen LogP contribution in [0.1, 0.15) is 57.6 Å². The van der Waals surface area contributed by atoms with Crippen LogP contribution in [0.15, 0.2) is 17.1 Å². The van der Waals surface area contributed by atoms with Crippen molar-refractivity contribution in [3.63, 3.8) is 0 Å². The van der Waals surface area contributed by atoms with E-state index in [0.29, 0.717) is 49.5 Å². The lowest BCUT2D eigenvalue weighted by atomic mass is 9.99. The summed E-state index contributed by atoms with van der Waals surface area (Å²) >= 11 is 0. The fraction of sp³-hybridized carbons (Fsp3) is 0.667. The molecule has 1 aliphatic carbocycles. The zero-order chi connectivity index (χ0) is 22.4. The van der Waals surface area contributed by atoms with Crippen LogP contribution >= 0.6 is 0 Å². The van der Waals surface area contributed by atoms with E-state index in [1.807, 2.05) is 0 Å². The first kappa shape index (κ1) is 22.2. The second-order valence-electron chi connectivity index (χ2n) is 8.96. The second-order valence-corrected chi connectivity index (χ2v) is 11.2. The number of aryl methyl sites for hydroxylation is 1. The van der Waals surface area contributed by atoms with Gasteiger partial charge in [-0.3, -0.25) is 9.36 Å². The molecule has 0 unspecified atom stereocenters. The van der Waals surface area contributed by atoms with Crippen LogP contribution < -0.4 is 10.9 Å². The number of fused-ring (bicyclic) bond motifs is 1. The Morgan fingerprint density at radius 3 is 2.61 bits per heavy atom. The summed E-state index contributed by atoms with van der Waals surface area (Å²) in [5, 5.41) is 14.9. The molecule has 0 aromatic carbocycles. The number of aromatic nitrogens is 3. The maximum absolute atomic E-state index is 13.0. The molecule has 9 nitrogen and oxygen atoms in total. The van der Waals surface area contributed by atoms with Gasteiger partial charge in [-0.2, -0.15) is 4.98 Å². The third kappa shape index (κ3) is 4.20. The molecule has 31 heavy (non-hydrogen) atoms. The Labute approximate surface area is 182 Å². The highest BCUT2D eigenvalue weighted by Gasteiger charge is 2.39. The second kappa shape index (κ2) is 8.14. The fourth-order valence-electron chi connectivity index (χ4n) is 4.80. The summed E-state index contributed by atoms with van der Waals surface area (Å²) in [6.07, 6.45) is 5.26. The normalized spacial score (nSPS) is 25.9. The van der Waals surface area contributed by atoms with Gasteiger partial charge in [0.05, 0.1) is 17.4 Å². The molecule has 0 spiro atoms. The van der Waals surface area contributed by atoms with E-state index < -0.39 is 15.6 Å². The van der Waals surface area contributed by atoms with Crippen molar-refractivity contribution >= 4 is 27.0 Å². The summed E-state index contributed by atoms with van der Waals surface area (Å²) in [4.78, 5) is 22.1. The van der Waals surface area contributed by atoms with Gasteiger partial charge in [0.15, 0.2) is 0 Å². The minimum absolute atomic E-state index is 0.0564. The third-order valence-electron chi connectivity index (χ3n) is 6.69. The highest BCUT2D eigenvalue weighted by molar-refractivity contribution is 7.89. The molecule has 2 aliphatic rings. The van der Waals surface area contributed by atoms with Crippen molar-refractivity contribution in [2.75, 3.05) is 24.2 Å². The third-order valence-corrected chi connectivity index (χ3v) is 8.57. The average molecular weight is 450 g/mol. The van der Waals surface area contributed by atoms with Crippen LogP contribution in [0.3, 0.4) is 0 Å². The van der Waals surface area contributed by atoms with E-state index in [0.717, 1.165) is 18.2 Å². The van der Waals surface area contributed by atoms with E-state index in [-0.39, 0.29) is 23.4 Å². The molecule has 2 fully saturated rings. The number of nitrogens with one attached hydrogen (secondary N) is 1. The number of aliphatic hydroxyl groups is 1. The lowest BCUT2D eigenvalue weighted by Crippen LogP contribution is -2.43. The first-order valence-corrected chi connectivity index (χ1v) is 12.6. The molecule has 0 radical (unpaired) electrons. The van der Waals surface area contributed by atoms with Crippen molar-refractivity contribution in [1.29, 1.82) is 0 Å². The van der Waals surface area contributed by atoms with Crippen LogP contribution in [0.4, 0.5) is 5.95 Å². The highest BCUT2D eigenvalue weighted by Crippen LogP contribution is 2.39. The average Bonchev–Trinajstić information content (AvgIpc) is 3.08. The summed E-state index contributed by atoms with van der Waals surface area (Å²) in [6.45, 7) is 6.15. The van der Waals surface area contributed by atoms with Gasteiger partial charge < -0.3 is 10.4 Å². The van der Waals surface area contributed by atoms with Crippen molar-refractivity contribution in [2.24, 2.45) is 0 Å². The Bertz CT molecular complexity index is 1140. The molecule has 3 heterocycles. The van der Waals surface area contributed by atoms with E-state index >= 15 is 0 Å². The van der Waals surface area contributed by atoms with Crippen LogP contribution in [-0.2, 0) is 10.0 Å². The number of sulfonamides is 1. The van der Waals surface area contributed by atoms with Gasteiger partial charge in [-0.15, -0.1) is 0 Å². The zero-order valence-corrected chi connectivity index (χ0v) is 19.2. The summed E-state index contributed by atoms with van der Waals surface area (Å²) in [5.74, 6) is 0.528. The molecule has 1 aliphatic heterocycles. The van der Waals surface area contributed by atoms with E-state index in [2.05, 4.69) is 15.3 Å². The molecule has 1 saturated heterocycles. The van der Waals surface area contributed by atoms with Gasteiger partial charge in [-0.1, -0.05) is 0 Å². The van der Waals surface area contributed by atoms with Gasteiger partial charge in [-0.25, -0.2) is 17.7 Å². The van der Waals surface area contributed by atoms with Crippen molar-refractivity contribution in [3.05, 3.63) is 28.2 Å². The Kier molecular flexibility index (Phi) is 5.82. The standard InChI is InChI=1S/C21H31N5O4S/c1-4-31(29,30)25-10-7-16(8-11-25)23-20-22-13-15-12-14(2)19(27)26(18(15)24-20)17-6-5-9-21(17,3)28/h12-13,16-17,28H,4-11H2,1-3H3,(H,22,23,24)/t17-,21-/m0/s1. The molecule has 10 heteroatoms. The van der Waals surface area contributed by atoms with E-state index in [1.165, 1.54) is 4.31 Å². The Morgan fingerprint density at radius 1 is 1.29 bits per heavy atom. The van der Waals surface area contributed by atoms with E-state index in [9.17, 15) is 18.3 Å². The van der Waals surface area contributed by atoms with Gasteiger partial charge in [0.25, 0.3) is 5.56 Å². The summed E-state index contributed by atoms with van der Waals surface area (Å²) < 4.78 is 27.3. The minimum Gasteiger partial charge on any atom is -0.388 e. The topological polar surface area (TPSA) is 117 Å². The van der Waals surface area contributed by atoms with Gasteiger partial charge in [-0.05, 0) is 58.9 Å². The van der Waals surface area contributed by atoms with Crippen molar-refractivity contribution in [3.8, 4) is 0 Å². The molecule has 2 aromatic rings. The summed E-state index contributed by atoms with van der Waals surface area (Å²) in [6, 6.07) is 1.52. The van der Waals surface area contributed by atoms with Gasteiger partial charge in [0.2, 0.25) is 16.0 Å². The molecular formula is C21H31N5O4S. The van der Waals surface area contributed by atoms with Crippen molar-refractivity contribution in [2.45, 2.75) is 70.6 Å². The molecule has 1 saturated carbocycles. The molecular weight excluding hydrogens is 418 g/mol. The van der Waals surface area contributed by atoms with E-state index in [1.54, 1.807) is 37.6 Å². The van der Waals surface area contributed by atoms with Crippen LogP contribution in [-0.4, -0.2) is 62.8 Å². The van der Waals surface area contributed by atoms with Crippen LogP contribution in [0, 0.1) is 6.92 Å². The maximum Gasteiger partial charge on any atom is 0.255 e. The monoisotopic (exact) mass is 449 g/mol. The molecule has 2 N–H and O–H groups in total. The maximum atomic E-state index is 13.0. The molecule has 0 amide bonds. The largest absolute Gasteiger partial charge is 0.388 e. The number of piperidine rings is 1. The fourth-order valence-corrected chi connectivity index (χ4v) is 5.93. The van der Waals surface area contributed by atoms with Crippen LogP contribution in [0.5, 0.6) is 0 Å². The van der Waals surface area contributed by atoms with Crippen LogP contribution in [0.2, 0.25) is 0 Å². The lowest BCUT2D eigenvalue weighted by molar-refractivity contribution is 0.0266. The lowest BCUT2D eigenvalue weighted by Gasteiger charge is -2.31. The number of nitrogens with zero attached hydrogens (tertiary/aromatic N) is 4. The molecule has 170 valence electrons. The molecule has 0 bridgehead atoms. The molecule has 2 atom stereocenters. The summed E-state index contributed by atoms with van der Waals surface area (Å²) in [7, 11) is -3.17. The summed E-state index contributed by atoms with van der Waals surface area (Å²) in [5.41, 5.74) is 0.0263. The van der Waals surface area contributed by atoms with Gasteiger partial charge in [0.1, 0.15) is 5.65 Å². The van der Waals surface area contributed by atoms with E-state index in [4.69, 9.17) is 0 Å². The van der Waals surface area contributed by atoms with Gasteiger partial charge in [0, 0.05) is 36.3 Å². The molecule has 4 rings (SSSR count). The van der Waals surface area contributed by atoms with Crippen LogP contribution in [0.25, 0.3) is 11.0 Å². The first-order chi connectivity index (χ1) is 14.6. The Morgan fingerprint density at radius 2 is 2.00 bits per heavy atom. The Hall–Kier alpha value is -2.04. The minimum atomic E-state index is -3.17. The predicted molar refractivity (Wildman–Crippen MR) is 120 cm³/mol. The first-order valence-electron chi connectivity index (χ1n) is 11.0. The van der Waals surface area contributed by atoms with Crippen molar-refractivity contribution < 1.29 is 13.5 Å². The SMILES string of the molecule is CCS(=O)(=O)N1CCC(Nc2ncc3cc(C)c(=O)n([C@H]4CCC[C@]4(C)O)c3n2)CC1. The number of anilines is 1. The number of hydrogen-bond acceptors (Lipinski definition) is 7. The highest BCUT2D eigenvalue weighted by atomic mass is 32.2. The Balaban J connectivity index is 1.62. The quantitative estimate of drug-likeness (QED) is 0.715. The molecule has 2 aromatic heterocycles. The van der Waals surface area contributed by atoms with Crippen molar-refractivity contribution in [1.82, 2.24) is 18.8 Å². The predicted octanol–water partition coefficient (Wildman–Crippen LogP) is 1.80. The van der Waals surface area contributed by atoms with Gasteiger partial charge >= 0.3 is 0 Å². The number of rotatable bonds is 5.